The molecule has 1 aromatic rings. The molecule has 0 aliphatic rings. The lowest BCUT2D eigenvalue weighted by molar-refractivity contribution is -0.151. The van der Waals surface area contributed by atoms with Gasteiger partial charge >= 0.3 is 5.97 Å². The van der Waals surface area contributed by atoms with Crippen LogP contribution in [0.25, 0.3) is 0 Å². The number of halogens is 2. The van der Waals surface area contributed by atoms with Gasteiger partial charge in [-0.2, -0.15) is 0 Å². The van der Waals surface area contributed by atoms with Gasteiger partial charge in [0.25, 0.3) is 0 Å². The molecule has 0 bridgehead atoms. The summed E-state index contributed by atoms with van der Waals surface area (Å²) in [6.45, 7) is 4.81. The summed E-state index contributed by atoms with van der Waals surface area (Å²) in [7, 11) is 1.60. The van der Waals surface area contributed by atoms with E-state index in [9.17, 15) is 4.79 Å². The summed E-state index contributed by atoms with van der Waals surface area (Å²) < 4.78 is 10.1. The number of ether oxygens (including phenoxy) is 2. The number of benzene rings is 1. The number of rotatable bonds is 7. The van der Waals surface area contributed by atoms with Crippen molar-refractivity contribution in [2.45, 2.75) is 19.4 Å². The topological polar surface area (TPSA) is 47.6 Å². The van der Waals surface area contributed by atoms with Crippen molar-refractivity contribution in [3.63, 3.8) is 0 Å². The van der Waals surface area contributed by atoms with Crippen molar-refractivity contribution < 1.29 is 14.3 Å². The number of methoxy groups -OCH3 is 1. The predicted molar refractivity (Wildman–Crippen MR) is 80.3 cm³/mol. The first kappa shape index (κ1) is 17.2. The van der Waals surface area contributed by atoms with Crippen molar-refractivity contribution in [3.05, 3.63) is 33.8 Å². The Bertz CT molecular complexity index is 468. The van der Waals surface area contributed by atoms with E-state index in [0.29, 0.717) is 35.4 Å². The molecule has 0 radical (unpaired) electrons. The Morgan fingerprint density at radius 1 is 1.35 bits per heavy atom. The Balaban J connectivity index is 3.07. The largest absolute Gasteiger partial charge is 0.464 e. The molecule has 1 rings (SSSR count). The van der Waals surface area contributed by atoms with E-state index in [1.807, 2.05) is 0 Å². The van der Waals surface area contributed by atoms with Crippen LogP contribution in [0.5, 0.6) is 0 Å². The fraction of sp³-hybridized carbons (Fsp3) is 0.500. The predicted octanol–water partition coefficient (Wildman–Crippen LogP) is 3.01. The highest BCUT2D eigenvalue weighted by Crippen LogP contribution is 2.29. The zero-order valence-electron chi connectivity index (χ0n) is 11.8. The Labute approximate surface area is 129 Å². The summed E-state index contributed by atoms with van der Waals surface area (Å²) in [5.41, 5.74) is -0.301. The molecule has 0 spiro atoms. The Morgan fingerprint density at radius 3 is 2.60 bits per heavy atom. The third kappa shape index (κ3) is 4.09. The zero-order chi connectivity index (χ0) is 15.2. The first-order valence-electron chi connectivity index (χ1n) is 6.32. The minimum absolute atomic E-state index is 0.307. The van der Waals surface area contributed by atoms with E-state index in [-0.39, 0.29) is 5.97 Å². The Morgan fingerprint density at radius 2 is 2.05 bits per heavy atom. The summed E-state index contributed by atoms with van der Waals surface area (Å²) in [6.07, 6.45) is 0. The second-order valence-electron chi connectivity index (χ2n) is 4.39. The highest BCUT2D eigenvalue weighted by Gasteiger charge is 2.36. The number of esters is 1. The summed E-state index contributed by atoms with van der Waals surface area (Å²) in [5, 5.41) is 3.98. The molecule has 0 aliphatic carbocycles. The van der Waals surface area contributed by atoms with Gasteiger partial charge in [-0.15, -0.1) is 0 Å². The lowest BCUT2D eigenvalue weighted by Gasteiger charge is -2.29. The first-order valence-corrected chi connectivity index (χ1v) is 7.08. The number of hydrogen-bond acceptors (Lipinski definition) is 4. The van der Waals surface area contributed by atoms with Crippen molar-refractivity contribution in [2.75, 3.05) is 26.9 Å². The van der Waals surface area contributed by atoms with Gasteiger partial charge in [-0.25, -0.2) is 4.79 Å². The van der Waals surface area contributed by atoms with E-state index in [0.717, 1.165) is 0 Å². The van der Waals surface area contributed by atoms with Crippen molar-refractivity contribution in [2.24, 2.45) is 0 Å². The zero-order valence-corrected chi connectivity index (χ0v) is 13.3. The molecule has 20 heavy (non-hydrogen) atoms. The van der Waals surface area contributed by atoms with E-state index in [1.54, 1.807) is 39.2 Å². The molecule has 0 saturated carbocycles. The van der Waals surface area contributed by atoms with Crippen molar-refractivity contribution in [1.29, 1.82) is 0 Å². The van der Waals surface area contributed by atoms with Gasteiger partial charge in [0.15, 0.2) is 0 Å². The average molecular weight is 320 g/mol. The quantitative estimate of drug-likeness (QED) is 0.620. The van der Waals surface area contributed by atoms with E-state index in [1.165, 1.54) is 0 Å². The maximum Gasteiger partial charge on any atom is 0.330 e. The lowest BCUT2D eigenvalue weighted by Crippen LogP contribution is -2.48. The monoisotopic (exact) mass is 319 g/mol. The van der Waals surface area contributed by atoms with E-state index in [2.05, 4.69) is 5.32 Å². The summed E-state index contributed by atoms with van der Waals surface area (Å²) in [4.78, 5) is 12.3. The molecular formula is C14H19Cl2NO3. The fourth-order valence-electron chi connectivity index (χ4n) is 1.78. The number of hydrogen-bond donors (Lipinski definition) is 1. The van der Waals surface area contributed by atoms with Crippen molar-refractivity contribution >= 4 is 29.2 Å². The summed E-state index contributed by atoms with van der Waals surface area (Å²) in [5.74, 6) is -0.366. The van der Waals surface area contributed by atoms with Gasteiger partial charge in [0, 0.05) is 13.7 Å². The van der Waals surface area contributed by atoms with Crippen molar-refractivity contribution in [1.82, 2.24) is 5.32 Å². The third-order valence-corrected chi connectivity index (χ3v) is 3.70. The maximum absolute atomic E-state index is 12.3. The van der Waals surface area contributed by atoms with Gasteiger partial charge in [-0.05, 0) is 31.5 Å². The molecular weight excluding hydrogens is 301 g/mol. The molecule has 1 atom stereocenters. The molecule has 112 valence electrons. The van der Waals surface area contributed by atoms with Crippen LogP contribution >= 0.6 is 23.2 Å². The average Bonchev–Trinajstić information content (AvgIpc) is 2.42. The van der Waals surface area contributed by atoms with Crippen LogP contribution in [0.2, 0.25) is 10.0 Å². The SMILES string of the molecule is CCOC(=O)C(C)(NCCOC)c1ccc(Cl)c(Cl)c1. The van der Waals surface area contributed by atoms with Crippen LogP contribution in [0.15, 0.2) is 18.2 Å². The Kier molecular flexibility index (Phi) is 6.76. The minimum Gasteiger partial charge on any atom is -0.464 e. The molecule has 1 aromatic carbocycles. The molecule has 0 aromatic heterocycles. The van der Waals surface area contributed by atoms with Crippen LogP contribution in [0, 0.1) is 0 Å². The van der Waals surface area contributed by atoms with Gasteiger partial charge in [-0.1, -0.05) is 29.3 Å². The maximum atomic E-state index is 12.3. The second-order valence-corrected chi connectivity index (χ2v) is 5.21. The van der Waals surface area contributed by atoms with Gasteiger partial charge in [-0.3, -0.25) is 5.32 Å². The molecule has 0 aliphatic heterocycles. The molecule has 6 heteroatoms. The highest BCUT2D eigenvalue weighted by molar-refractivity contribution is 6.42. The highest BCUT2D eigenvalue weighted by atomic mass is 35.5. The number of carbonyl (C=O) groups is 1. The molecule has 0 heterocycles. The van der Waals surface area contributed by atoms with E-state index < -0.39 is 5.54 Å². The Hall–Kier alpha value is -0.810. The van der Waals surface area contributed by atoms with Gasteiger partial charge in [0.1, 0.15) is 5.54 Å². The first-order chi connectivity index (χ1) is 9.45. The van der Waals surface area contributed by atoms with E-state index >= 15 is 0 Å². The molecule has 1 N–H and O–H groups in total. The third-order valence-electron chi connectivity index (χ3n) is 2.97. The van der Waals surface area contributed by atoms with Crippen molar-refractivity contribution in [3.8, 4) is 0 Å². The van der Waals surface area contributed by atoms with Crippen LogP contribution in [0.1, 0.15) is 19.4 Å². The van der Waals surface area contributed by atoms with Gasteiger partial charge in [0.2, 0.25) is 0 Å². The summed E-state index contributed by atoms with van der Waals surface area (Å²) in [6, 6.07) is 5.08. The molecule has 0 saturated heterocycles. The second kappa shape index (κ2) is 7.84. The molecule has 0 amide bonds. The number of carbonyl (C=O) groups excluding carboxylic acids is 1. The smallest absolute Gasteiger partial charge is 0.330 e. The van der Waals surface area contributed by atoms with Crippen LogP contribution in [-0.4, -0.2) is 32.8 Å². The number of nitrogens with one attached hydrogen (secondary N) is 1. The lowest BCUT2D eigenvalue weighted by atomic mass is 9.92. The summed E-state index contributed by atoms with van der Waals surface area (Å²) >= 11 is 11.9. The van der Waals surface area contributed by atoms with Crippen LogP contribution in [0.3, 0.4) is 0 Å². The molecule has 4 nitrogen and oxygen atoms in total. The van der Waals surface area contributed by atoms with E-state index in [4.69, 9.17) is 32.7 Å². The van der Waals surface area contributed by atoms with Gasteiger partial charge < -0.3 is 9.47 Å². The van der Waals surface area contributed by atoms with Gasteiger partial charge in [0.05, 0.1) is 23.3 Å². The van der Waals surface area contributed by atoms with Crippen LogP contribution in [0.4, 0.5) is 0 Å². The normalized spacial score (nSPS) is 13.8. The standard InChI is InChI=1S/C14H19Cl2NO3/c1-4-20-13(18)14(2,17-7-8-19-3)10-5-6-11(15)12(16)9-10/h5-6,9,17H,4,7-8H2,1-3H3. The van der Waals surface area contributed by atoms with Crippen LogP contribution < -0.4 is 5.32 Å². The van der Waals surface area contributed by atoms with Crippen LogP contribution in [-0.2, 0) is 19.8 Å². The fourth-order valence-corrected chi connectivity index (χ4v) is 2.08. The minimum atomic E-state index is -0.997. The molecule has 1 unspecified atom stereocenters. The molecule has 0 fully saturated rings.